The first-order valence-electron chi connectivity index (χ1n) is 5.84. The maximum absolute atomic E-state index is 12.7. The summed E-state index contributed by atoms with van der Waals surface area (Å²) < 4.78 is 39.2. The van der Waals surface area contributed by atoms with Gasteiger partial charge in [-0.05, 0) is 6.92 Å². The summed E-state index contributed by atoms with van der Waals surface area (Å²) in [6.07, 6.45) is -3.70. The average Bonchev–Trinajstić information content (AvgIpc) is 2.74. The van der Waals surface area contributed by atoms with Crippen LogP contribution in [0.2, 0.25) is 0 Å². The van der Waals surface area contributed by atoms with Crippen LogP contribution in [0.3, 0.4) is 0 Å². The summed E-state index contributed by atoms with van der Waals surface area (Å²) in [6.45, 7) is 0.537. The molecule has 1 fully saturated rings. The Kier molecular flexibility index (Phi) is 3.40. The first-order chi connectivity index (χ1) is 9.54. The van der Waals surface area contributed by atoms with E-state index in [0.717, 1.165) is 11.1 Å². The molecule has 1 aliphatic heterocycles. The van der Waals surface area contributed by atoms with E-state index in [-0.39, 0.29) is 18.8 Å². The summed E-state index contributed by atoms with van der Waals surface area (Å²) in [5.74, 6) is -2.50. The Labute approximate surface area is 116 Å². The van der Waals surface area contributed by atoms with E-state index < -0.39 is 29.6 Å². The topological polar surface area (TPSA) is 114 Å². The molecule has 1 aliphatic rings. The fourth-order valence-electron chi connectivity index (χ4n) is 1.79. The lowest BCUT2D eigenvalue weighted by molar-refractivity contribution is -0.197. The third kappa shape index (κ3) is 2.55. The number of carbonyl (C=O) groups excluding carboxylic acids is 1. The molecule has 0 aliphatic carbocycles. The predicted molar refractivity (Wildman–Crippen MR) is 61.2 cm³/mol. The smallest absolute Gasteiger partial charge is 0.415 e. The monoisotopic (exact) mass is 307 g/mol. The van der Waals surface area contributed by atoms with E-state index in [2.05, 4.69) is 10.3 Å². The standard InChI is InChI=1S/C10H12F3N5O3/c1-9(14,10(11,12)13)8(21)17-2-5(3-17)18-4-6(7(19)20)15-16-18/h4-5H,2-3,14H2,1H3,(H,19,20). The molecule has 21 heavy (non-hydrogen) atoms. The number of aromatic nitrogens is 3. The molecule has 0 radical (unpaired) electrons. The van der Waals surface area contributed by atoms with Crippen molar-refractivity contribution in [1.82, 2.24) is 19.9 Å². The summed E-state index contributed by atoms with van der Waals surface area (Å²) in [5.41, 5.74) is 1.82. The number of hydrogen-bond donors (Lipinski definition) is 2. The second-order valence-electron chi connectivity index (χ2n) is 4.95. The molecular formula is C10H12F3N5O3. The lowest BCUT2D eigenvalue weighted by Crippen LogP contribution is -2.66. The highest BCUT2D eigenvalue weighted by molar-refractivity contribution is 5.87. The van der Waals surface area contributed by atoms with Gasteiger partial charge in [-0.25, -0.2) is 9.48 Å². The van der Waals surface area contributed by atoms with Gasteiger partial charge in [-0.3, -0.25) is 4.79 Å². The number of amides is 1. The van der Waals surface area contributed by atoms with E-state index in [4.69, 9.17) is 10.8 Å². The lowest BCUT2D eigenvalue weighted by atomic mass is 9.97. The van der Waals surface area contributed by atoms with Gasteiger partial charge in [0.25, 0.3) is 5.91 Å². The van der Waals surface area contributed by atoms with Crippen molar-refractivity contribution in [2.45, 2.75) is 24.7 Å². The summed E-state index contributed by atoms with van der Waals surface area (Å²) in [5, 5.41) is 15.6. The van der Waals surface area contributed by atoms with Crippen molar-refractivity contribution in [3.63, 3.8) is 0 Å². The van der Waals surface area contributed by atoms with Gasteiger partial charge >= 0.3 is 12.1 Å². The first kappa shape index (κ1) is 15.2. The molecule has 1 saturated heterocycles. The number of nitrogens with zero attached hydrogens (tertiary/aromatic N) is 4. The molecule has 1 aromatic rings. The zero-order valence-corrected chi connectivity index (χ0v) is 10.8. The van der Waals surface area contributed by atoms with Crippen LogP contribution < -0.4 is 5.73 Å². The molecule has 2 heterocycles. The molecule has 8 nitrogen and oxygen atoms in total. The van der Waals surface area contributed by atoms with Crippen LogP contribution in [-0.2, 0) is 4.79 Å². The Morgan fingerprint density at radius 3 is 2.43 bits per heavy atom. The second-order valence-corrected chi connectivity index (χ2v) is 4.95. The van der Waals surface area contributed by atoms with E-state index in [1.807, 2.05) is 0 Å². The number of alkyl halides is 3. The molecule has 11 heteroatoms. The molecule has 1 atom stereocenters. The Balaban J connectivity index is 2.00. The molecule has 116 valence electrons. The largest absolute Gasteiger partial charge is 0.476 e. The first-order valence-corrected chi connectivity index (χ1v) is 5.84. The Morgan fingerprint density at radius 1 is 1.43 bits per heavy atom. The average molecular weight is 307 g/mol. The fourth-order valence-corrected chi connectivity index (χ4v) is 1.79. The molecule has 0 spiro atoms. The number of nitrogens with two attached hydrogens (primary N) is 1. The van der Waals surface area contributed by atoms with Crippen LogP contribution >= 0.6 is 0 Å². The molecule has 0 saturated carbocycles. The van der Waals surface area contributed by atoms with Gasteiger partial charge in [-0.15, -0.1) is 5.10 Å². The normalized spacial score (nSPS) is 19.0. The number of likely N-dealkylation sites (tertiary alicyclic amines) is 1. The number of halogens is 3. The minimum absolute atomic E-state index is 0.0376. The Morgan fingerprint density at radius 2 is 2.00 bits per heavy atom. The van der Waals surface area contributed by atoms with Crippen molar-refractivity contribution >= 4 is 11.9 Å². The van der Waals surface area contributed by atoms with Gasteiger partial charge in [0.15, 0.2) is 11.2 Å². The molecule has 0 bridgehead atoms. The minimum atomic E-state index is -4.85. The van der Waals surface area contributed by atoms with Crippen molar-refractivity contribution in [2.75, 3.05) is 13.1 Å². The minimum Gasteiger partial charge on any atom is -0.476 e. The third-order valence-corrected chi connectivity index (χ3v) is 3.29. The van der Waals surface area contributed by atoms with Crippen LogP contribution in [-0.4, -0.2) is 61.7 Å². The molecule has 1 unspecified atom stereocenters. The van der Waals surface area contributed by atoms with E-state index in [9.17, 15) is 22.8 Å². The van der Waals surface area contributed by atoms with Crippen molar-refractivity contribution in [1.29, 1.82) is 0 Å². The lowest BCUT2D eigenvalue weighted by Gasteiger charge is -2.42. The van der Waals surface area contributed by atoms with Gasteiger partial charge in [-0.1, -0.05) is 5.21 Å². The van der Waals surface area contributed by atoms with Gasteiger partial charge in [0.2, 0.25) is 0 Å². The Hall–Kier alpha value is -2.17. The van der Waals surface area contributed by atoms with Gasteiger partial charge in [0.05, 0.1) is 12.2 Å². The van der Waals surface area contributed by atoms with E-state index in [1.165, 1.54) is 4.68 Å². The maximum atomic E-state index is 12.7. The highest BCUT2D eigenvalue weighted by atomic mass is 19.4. The fraction of sp³-hybridized carbons (Fsp3) is 0.600. The van der Waals surface area contributed by atoms with Crippen LogP contribution in [0.15, 0.2) is 6.20 Å². The van der Waals surface area contributed by atoms with Crippen LogP contribution in [0.1, 0.15) is 23.5 Å². The number of carboxylic acids is 1. The highest BCUT2D eigenvalue weighted by Gasteiger charge is 2.56. The molecule has 1 aromatic heterocycles. The van der Waals surface area contributed by atoms with Crippen LogP contribution in [0.4, 0.5) is 13.2 Å². The molecule has 0 aromatic carbocycles. The highest BCUT2D eigenvalue weighted by Crippen LogP contribution is 2.32. The maximum Gasteiger partial charge on any atom is 0.415 e. The number of aromatic carboxylic acids is 1. The number of hydrogen-bond acceptors (Lipinski definition) is 5. The SMILES string of the molecule is CC(N)(C(=O)N1CC(n2cc(C(=O)O)nn2)C1)C(F)(F)F. The van der Waals surface area contributed by atoms with Crippen molar-refractivity contribution in [3.05, 3.63) is 11.9 Å². The summed E-state index contributed by atoms with van der Waals surface area (Å²) in [4.78, 5) is 23.3. The van der Waals surface area contributed by atoms with Crippen molar-refractivity contribution < 1.29 is 27.9 Å². The summed E-state index contributed by atoms with van der Waals surface area (Å²) in [7, 11) is 0. The van der Waals surface area contributed by atoms with Crippen LogP contribution in [0.25, 0.3) is 0 Å². The van der Waals surface area contributed by atoms with E-state index in [0.29, 0.717) is 6.92 Å². The van der Waals surface area contributed by atoms with E-state index >= 15 is 0 Å². The van der Waals surface area contributed by atoms with Crippen molar-refractivity contribution in [3.8, 4) is 0 Å². The second kappa shape index (κ2) is 4.69. The Bertz CT molecular complexity index is 577. The van der Waals surface area contributed by atoms with E-state index in [1.54, 1.807) is 0 Å². The quantitative estimate of drug-likeness (QED) is 0.788. The van der Waals surface area contributed by atoms with Gasteiger partial charge < -0.3 is 15.7 Å². The predicted octanol–water partition coefficient (Wildman–Crippen LogP) is -0.361. The van der Waals surface area contributed by atoms with Gasteiger partial charge in [0.1, 0.15) is 0 Å². The zero-order chi connectivity index (χ0) is 16.0. The number of carboxylic acid groups (broad SMARTS) is 1. The number of rotatable bonds is 3. The third-order valence-electron chi connectivity index (χ3n) is 3.29. The van der Waals surface area contributed by atoms with Crippen molar-refractivity contribution in [2.24, 2.45) is 5.73 Å². The molecule has 1 amide bonds. The van der Waals surface area contributed by atoms with Crippen LogP contribution in [0.5, 0.6) is 0 Å². The molecule has 2 rings (SSSR count). The van der Waals surface area contributed by atoms with Crippen LogP contribution in [0, 0.1) is 0 Å². The molecule has 3 N–H and O–H groups in total. The van der Waals surface area contributed by atoms with Gasteiger partial charge in [-0.2, -0.15) is 13.2 Å². The van der Waals surface area contributed by atoms with Gasteiger partial charge in [0, 0.05) is 13.1 Å². The summed E-state index contributed by atoms with van der Waals surface area (Å²) >= 11 is 0. The molecular weight excluding hydrogens is 295 g/mol. The number of carbonyl (C=O) groups is 2. The zero-order valence-electron chi connectivity index (χ0n) is 10.8. The summed E-state index contributed by atoms with van der Waals surface area (Å²) in [6, 6.07) is -0.418.